The molecule has 1 heterocycles. The first-order valence-corrected chi connectivity index (χ1v) is 12.4. The van der Waals surface area contributed by atoms with Crippen LogP contribution in [-0.2, 0) is 20.7 Å². The van der Waals surface area contributed by atoms with E-state index in [0.29, 0.717) is 5.56 Å². The molecule has 0 radical (unpaired) electrons. The molecule has 1 aliphatic heterocycles. The van der Waals surface area contributed by atoms with E-state index < -0.39 is 29.7 Å². The van der Waals surface area contributed by atoms with Crippen LogP contribution in [0, 0.1) is 11.8 Å². The van der Waals surface area contributed by atoms with Gasteiger partial charge in [0, 0.05) is 57.0 Å². The third-order valence-electron chi connectivity index (χ3n) is 6.80. The third-order valence-corrected chi connectivity index (χ3v) is 6.80. The zero-order valence-electron chi connectivity index (χ0n) is 21.8. The fraction of sp³-hybridized carbons (Fsp3) is 0.414. The lowest BCUT2D eigenvalue weighted by atomic mass is 9.92. The van der Waals surface area contributed by atoms with Gasteiger partial charge in [-0.2, -0.15) is 0 Å². The molecule has 1 atom stereocenters. The first kappa shape index (κ1) is 28.1. The van der Waals surface area contributed by atoms with Crippen LogP contribution in [0.4, 0.5) is 0 Å². The molecule has 3 rings (SSSR count). The maximum Gasteiger partial charge on any atom is 0.254 e. The van der Waals surface area contributed by atoms with Crippen molar-refractivity contribution in [1.29, 1.82) is 0 Å². The number of ether oxygens (including phenoxy) is 1. The number of aliphatic hydroxyl groups excluding tert-OH is 1. The van der Waals surface area contributed by atoms with Crippen molar-refractivity contribution in [2.75, 3.05) is 53.6 Å². The number of hydrogen-bond donors (Lipinski definition) is 2. The molecular formula is C29H35N3O5. The van der Waals surface area contributed by atoms with Crippen LogP contribution in [0.15, 0.2) is 48.5 Å². The van der Waals surface area contributed by atoms with Crippen molar-refractivity contribution >= 4 is 17.6 Å². The van der Waals surface area contributed by atoms with E-state index in [4.69, 9.17) is 4.74 Å². The molecule has 196 valence electrons. The first-order chi connectivity index (χ1) is 17.8. The average molecular weight is 506 g/mol. The molecule has 0 saturated carbocycles. The number of ketones is 1. The Balaban J connectivity index is 1.62. The minimum absolute atomic E-state index is 0.300. The molecule has 2 amide bonds. The molecular weight excluding hydrogens is 470 g/mol. The summed E-state index contributed by atoms with van der Waals surface area (Å²) in [5.41, 5.74) is 1.37. The van der Waals surface area contributed by atoms with Crippen LogP contribution in [0.1, 0.15) is 40.4 Å². The van der Waals surface area contributed by atoms with Crippen molar-refractivity contribution in [2.45, 2.75) is 25.3 Å². The lowest BCUT2D eigenvalue weighted by Crippen LogP contribution is -2.62. The van der Waals surface area contributed by atoms with Crippen molar-refractivity contribution in [3.8, 4) is 11.8 Å². The summed E-state index contributed by atoms with van der Waals surface area (Å²) in [6.45, 7) is 5.20. The predicted octanol–water partition coefficient (Wildman–Crippen LogP) is 1.49. The van der Waals surface area contributed by atoms with Gasteiger partial charge in [-0.1, -0.05) is 24.0 Å². The van der Waals surface area contributed by atoms with E-state index in [1.54, 1.807) is 24.3 Å². The molecule has 1 saturated heterocycles. The average Bonchev–Trinajstić information content (AvgIpc) is 3.22. The summed E-state index contributed by atoms with van der Waals surface area (Å²) in [6.07, 6.45) is 2.07. The van der Waals surface area contributed by atoms with Crippen molar-refractivity contribution in [2.24, 2.45) is 0 Å². The molecule has 2 N–H and O–H groups in total. The number of nitrogens with zero attached hydrogens (tertiary/aromatic N) is 2. The molecule has 1 fully saturated rings. The molecule has 0 spiro atoms. The Morgan fingerprint density at radius 3 is 2.24 bits per heavy atom. The number of Topliss-reactive ketones (excluding diaryl/α,β-unsaturated/α-hetero) is 1. The van der Waals surface area contributed by atoms with Gasteiger partial charge in [0.15, 0.2) is 11.3 Å². The molecule has 8 nitrogen and oxygen atoms in total. The molecule has 0 unspecified atom stereocenters. The number of benzene rings is 2. The number of nitrogens with one attached hydrogen (secondary N) is 1. The van der Waals surface area contributed by atoms with Crippen molar-refractivity contribution in [3.63, 3.8) is 0 Å². The van der Waals surface area contributed by atoms with Gasteiger partial charge >= 0.3 is 0 Å². The van der Waals surface area contributed by atoms with Crippen molar-refractivity contribution in [1.82, 2.24) is 15.1 Å². The molecule has 2 aromatic carbocycles. The molecule has 8 heteroatoms. The minimum Gasteiger partial charge on any atom is -0.388 e. The van der Waals surface area contributed by atoms with Gasteiger partial charge in [0.05, 0.1) is 6.61 Å². The van der Waals surface area contributed by atoms with Gasteiger partial charge in [0.25, 0.3) is 11.8 Å². The van der Waals surface area contributed by atoms with E-state index in [-0.39, 0.29) is 0 Å². The Bertz CT molecular complexity index is 1120. The monoisotopic (exact) mass is 505 g/mol. The van der Waals surface area contributed by atoms with Crippen LogP contribution in [-0.4, -0.2) is 91.6 Å². The fourth-order valence-corrected chi connectivity index (χ4v) is 4.16. The van der Waals surface area contributed by atoms with Crippen molar-refractivity contribution < 1.29 is 24.2 Å². The van der Waals surface area contributed by atoms with Crippen LogP contribution in [0.5, 0.6) is 0 Å². The van der Waals surface area contributed by atoms with Gasteiger partial charge in [0.1, 0.15) is 6.61 Å². The highest BCUT2D eigenvalue weighted by Crippen LogP contribution is 2.19. The van der Waals surface area contributed by atoms with Gasteiger partial charge in [-0.3, -0.25) is 14.4 Å². The van der Waals surface area contributed by atoms with Crippen LogP contribution in [0.25, 0.3) is 0 Å². The molecule has 0 aliphatic carbocycles. The van der Waals surface area contributed by atoms with Crippen LogP contribution in [0.3, 0.4) is 0 Å². The molecule has 0 bridgehead atoms. The number of carbonyl (C=O) groups excluding carboxylic acids is 3. The zero-order valence-corrected chi connectivity index (χ0v) is 21.8. The lowest BCUT2D eigenvalue weighted by Gasteiger charge is -2.35. The second-order valence-electron chi connectivity index (χ2n) is 9.18. The van der Waals surface area contributed by atoms with Gasteiger partial charge in [-0.15, -0.1) is 0 Å². The Hall–Kier alpha value is -3.51. The summed E-state index contributed by atoms with van der Waals surface area (Å²) < 4.78 is 5.51. The van der Waals surface area contributed by atoms with E-state index >= 15 is 0 Å². The van der Waals surface area contributed by atoms with Crippen LogP contribution < -0.4 is 5.32 Å². The minimum atomic E-state index is -1.83. The second-order valence-corrected chi connectivity index (χ2v) is 9.18. The number of likely N-dealkylation sites (N-methyl/N-ethyl adjacent to an activating group) is 2. The van der Waals surface area contributed by atoms with Crippen LogP contribution in [0.2, 0.25) is 0 Å². The summed E-state index contributed by atoms with van der Waals surface area (Å²) in [7, 11) is 2.74. The van der Waals surface area contributed by atoms with E-state index in [1.165, 1.54) is 26.6 Å². The van der Waals surface area contributed by atoms with E-state index in [0.717, 1.165) is 61.7 Å². The number of aliphatic hydroxyl groups is 1. The molecule has 0 aromatic heterocycles. The summed E-state index contributed by atoms with van der Waals surface area (Å²) in [5.74, 6) is 4.29. The quantitative estimate of drug-likeness (QED) is 0.417. The smallest absolute Gasteiger partial charge is 0.254 e. The number of amides is 2. The predicted molar refractivity (Wildman–Crippen MR) is 141 cm³/mol. The highest BCUT2D eigenvalue weighted by atomic mass is 16.5. The van der Waals surface area contributed by atoms with Gasteiger partial charge in [0.2, 0.25) is 0 Å². The van der Waals surface area contributed by atoms with E-state index in [9.17, 15) is 19.5 Å². The van der Waals surface area contributed by atoms with Gasteiger partial charge in [-0.05, 0) is 61.7 Å². The normalized spacial score (nSPS) is 15.5. The number of hydrogen-bond acceptors (Lipinski definition) is 6. The largest absolute Gasteiger partial charge is 0.388 e. The van der Waals surface area contributed by atoms with Gasteiger partial charge < -0.3 is 25.0 Å². The molecule has 2 aromatic rings. The highest BCUT2D eigenvalue weighted by molar-refractivity contribution is 6.14. The van der Waals surface area contributed by atoms with Gasteiger partial charge in [-0.25, -0.2) is 0 Å². The molecule has 1 aliphatic rings. The number of carbonyl (C=O) groups is 3. The summed E-state index contributed by atoms with van der Waals surface area (Å²) >= 11 is 0. The van der Waals surface area contributed by atoms with E-state index in [1.807, 2.05) is 12.1 Å². The van der Waals surface area contributed by atoms with Crippen molar-refractivity contribution in [3.05, 3.63) is 70.8 Å². The standard InChI is InChI=1S/C29H35N3O5/c1-29(26(34)21-33,28(36)30-2)31(3)27(35)25-13-11-23(12-14-25)6-5-22-7-9-24(10-8-22)15-17-32-16-4-19-37-20-18-32/h7-14,33H,4,15-21H2,1-3H3,(H,30,36)/t29-/m1/s1. The highest BCUT2D eigenvalue weighted by Gasteiger charge is 2.46. The first-order valence-electron chi connectivity index (χ1n) is 12.4. The van der Waals surface area contributed by atoms with Crippen LogP contribution >= 0.6 is 0 Å². The zero-order chi connectivity index (χ0) is 26.8. The maximum atomic E-state index is 13.0. The summed E-state index contributed by atoms with van der Waals surface area (Å²) in [6, 6.07) is 14.9. The summed E-state index contributed by atoms with van der Waals surface area (Å²) in [5, 5.41) is 11.7. The second kappa shape index (κ2) is 13.2. The Morgan fingerprint density at radius 2 is 1.65 bits per heavy atom. The van der Waals surface area contributed by atoms with E-state index in [2.05, 4.69) is 34.2 Å². The number of rotatable bonds is 8. The summed E-state index contributed by atoms with van der Waals surface area (Å²) in [4.78, 5) is 41.1. The maximum absolute atomic E-state index is 13.0. The Morgan fingerprint density at radius 1 is 1.03 bits per heavy atom. The Kier molecular flexibility index (Phi) is 9.98. The lowest BCUT2D eigenvalue weighted by molar-refractivity contribution is -0.143. The fourth-order valence-electron chi connectivity index (χ4n) is 4.16. The molecule has 37 heavy (non-hydrogen) atoms. The topological polar surface area (TPSA) is 99.2 Å². The Labute approximate surface area is 218 Å². The third kappa shape index (κ3) is 7.04. The SMILES string of the molecule is CNC(=O)[C@@](C)(C(=O)CO)N(C)C(=O)c1ccc(C#Cc2ccc(CCN3CCCOCC3)cc2)cc1.